The van der Waals surface area contributed by atoms with Crippen LogP contribution in [-0.2, 0) is 9.53 Å². The predicted molar refractivity (Wildman–Crippen MR) is 66.3 cm³/mol. The van der Waals surface area contributed by atoms with Crippen LogP contribution in [0.4, 0.5) is 10.1 Å². The van der Waals surface area contributed by atoms with Crippen LogP contribution in [0.5, 0.6) is 0 Å². The number of hydrogen-bond donors (Lipinski definition) is 1. The molecule has 1 rings (SSSR count). The van der Waals surface area contributed by atoms with Crippen LogP contribution in [-0.4, -0.2) is 13.1 Å². The lowest BCUT2D eigenvalue weighted by molar-refractivity contribution is -0.137. The molecule has 1 aromatic rings. The summed E-state index contributed by atoms with van der Waals surface area (Å²) in [6.07, 6.45) is 1.52. The Bertz CT molecular complexity index is 394. The third-order valence-electron chi connectivity index (χ3n) is 1.66. The monoisotopic (exact) mass is 289 g/mol. The number of ether oxygens (including phenoxy) is 1. The second-order valence-electron chi connectivity index (χ2n) is 2.76. The maximum Gasteiger partial charge on any atom is 0.302 e. The molecule has 0 heterocycles. The van der Waals surface area contributed by atoms with E-state index in [0.717, 1.165) is 0 Å². The molecule has 2 N–H and O–H groups in total. The SMILES string of the molecule is C=Cc1c(N)ccc(F)c1Br.COC(C)=O. The second kappa shape index (κ2) is 7.00. The lowest BCUT2D eigenvalue weighted by Crippen LogP contribution is -1.91. The zero-order valence-electron chi connectivity index (χ0n) is 9.09. The van der Waals surface area contributed by atoms with Crippen molar-refractivity contribution in [1.29, 1.82) is 0 Å². The van der Waals surface area contributed by atoms with E-state index in [-0.39, 0.29) is 11.8 Å². The molecule has 0 amide bonds. The fraction of sp³-hybridized carbons (Fsp3) is 0.182. The van der Waals surface area contributed by atoms with Gasteiger partial charge in [0.2, 0.25) is 0 Å². The molecule has 3 nitrogen and oxygen atoms in total. The normalized spacial score (nSPS) is 8.75. The topological polar surface area (TPSA) is 52.3 Å². The number of anilines is 1. The molecule has 88 valence electrons. The molecule has 0 aliphatic carbocycles. The van der Waals surface area contributed by atoms with Crippen LogP contribution < -0.4 is 5.73 Å². The summed E-state index contributed by atoms with van der Waals surface area (Å²) < 4.78 is 17.3. The Balaban J connectivity index is 0.000000385. The number of carbonyl (C=O) groups excluding carboxylic acids is 1. The molecule has 0 spiro atoms. The van der Waals surface area contributed by atoms with Crippen LogP contribution in [0.3, 0.4) is 0 Å². The average molecular weight is 290 g/mol. The zero-order chi connectivity index (χ0) is 12.7. The van der Waals surface area contributed by atoms with Crippen molar-refractivity contribution in [2.45, 2.75) is 6.92 Å². The standard InChI is InChI=1S/C8H7BrFN.C3H6O2/c1-2-5-7(11)4-3-6(10)8(5)9;1-3(4)5-2/h2-4H,1,11H2;1-2H3. The molecule has 1 aromatic carbocycles. The molecule has 5 heteroatoms. The highest BCUT2D eigenvalue weighted by Crippen LogP contribution is 2.26. The van der Waals surface area contributed by atoms with E-state index in [0.29, 0.717) is 15.7 Å². The minimum Gasteiger partial charge on any atom is -0.469 e. The van der Waals surface area contributed by atoms with E-state index < -0.39 is 0 Å². The fourth-order valence-electron chi connectivity index (χ4n) is 0.789. The summed E-state index contributed by atoms with van der Waals surface area (Å²) in [4.78, 5) is 9.59. The summed E-state index contributed by atoms with van der Waals surface area (Å²) in [7, 11) is 1.35. The van der Waals surface area contributed by atoms with Gasteiger partial charge in [-0.25, -0.2) is 4.39 Å². The van der Waals surface area contributed by atoms with Crippen molar-refractivity contribution in [3.63, 3.8) is 0 Å². The first-order chi connectivity index (χ1) is 7.43. The zero-order valence-corrected chi connectivity index (χ0v) is 10.7. The van der Waals surface area contributed by atoms with Gasteiger partial charge in [0, 0.05) is 18.2 Å². The van der Waals surface area contributed by atoms with Crippen molar-refractivity contribution in [3.8, 4) is 0 Å². The molecule has 0 aliphatic rings. The van der Waals surface area contributed by atoms with Crippen LogP contribution in [0.15, 0.2) is 23.2 Å². The summed E-state index contributed by atoms with van der Waals surface area (Å²) in [6.45, 7) is 4.88. The van der Waals surface area contributed by atoms with Crippen molar-refractivity contribution in [2.24, 2.45) is 0 Å². The molecule has 0 unspecified atom stereocenters. The number of halogens is 2. The molecule has 0 saturated carbocycles. The van der Waals surface area contributed by atoms with Crippen LogP contribution in [0.2, 0.25) is 0 Å². The smallest absolute Gasteiger partial charge is 0.302 e. The van der Waals surface area contributed by atoms with Crippen LogP contribution >= 0.6 is 15.9 Å². The van der Waals surface area contributed by atoms with E-state index in [1.54, 1.807) is 0 Å². The molecular weight excluding hydrogens is 277 g/mol. The van der Waals surface area contributed by atoms with Gasteiger partial charge in [0.25, 0.3) is 0 Å². The number of hydrogen-bond acceptors (Lipinski definition) is 3. The Morgan fingerprint density at radius 2 is 2.12 bits per heavy atom. The van der Waals surface area contributed by atoms with Gasteiger partial charge in [-0.3, -0.25) is 4.79 Å². The number of esters is 1. The summed E-state index contributed by atoms with van der Waals surface area (Å²) in [5, 5.41) is 0. The van der Waals surface area contributed by atoms with E-state index >= 15 is 0 Å². The number of nitrogen functional groups attached to an aromatic ring is 1. The van der Waals surface area contributed by atoms with Gasteiger partial charge in [-0.15, -0.1) is 0 Å². The molecular formula is C11H13BrFNO2. The van der Waals surface area contributed by atoms with Crippen LogP contribution in [0.25, 0.3) is 6.08 Å². The van der Waals surface area contributed by atoms with Crippen molar-refractivity contribution < 1.29 is 13.9 Å². The van der Waals surface area contributed by atoms with E-state index in [1.807, 2.05) is 0 Å². The Hall–Kier alpha value is -1.36. The molecule has 0 fully saturated rings. The van der Waals surface area contributed by atoms with E-state index in [4.69, 9.17) is 5.73 Å². The Morgan fingerprint density at radius 1 is 1.62 bits per heavy atom. The molecule has 0 aliphatic heterocycles. The Morgan fingerprint density at radius 3 is 2.44 bits per heavy atom. The summed E-state index contributed by atoms with van der Waals surface area (Å²) in [5.74, 6) is -0.570. The highest BCUT2D eigenvalue weighted by Gasteiger charge is 2.05. The van der Waals surface area contributed by atoms with Gasteiger partial charge in [-0.1, -0.05) is 12.7 Å². The largest absolute Gasteiger partial charge is 0.469 e. The minimum atomic E-state index is -0.325. The fourth-order valence-corrected chi connectivity index (χ4v) is 1.31. The molecule has 0 aromatic heterocycles. The molecule has 0 radical (unpaired) electrons. The second-order valence-corrected chi connectivity index (χ2v) is 3.56. The van der Waals surface area contributed by atoms with Gasteiger partial charge < -0.3 is 10.5 Å². The maximum absolute atomic E-state index is 12.8. The summed E-state index contributed by atoms with van der Waals surface area (Å²) >= 11 is 3.06. The third kappa shape index (κ3) is 4.44. The maximum atomic E-state index is 12.8. The first-order valence-corrected chi connectivity index (χ1v) is 5.13. The highest BCUT2D eigenvalue weighted by molar-refractivity contribution is 9.10. The minimum absolute atomic E-state index is 0.245. The number of methoxy groups -OCH3 is 1. The van der Waals surface area contributed by atoms with Crippen molar-refractivity contribution >= 4 is 33.7 Å². The number of nitrogens with two attached hydrogens (primary N) is 1. The van der Waals surface area contributed by atoms with Crippen molar-refractivity contribution in [3.05, 3.63) is 34.6 Å². The number of benzene rings is 1. The quantitative estimate of drug-likeness (QED) is 0.639. The van der Waals surface area contributed by atoms with E-state index in [1.165, 1.54) is 32.2 Å². The van der Waals surface area contributed by atoms with Crippen molar-refractivity contribution in [2.75, 3.05) is 12.8 Å². The molecule has 0 atom stereocenters. The van der Waals surface area contributed by atoms with Gasteiger partial charge in [0.1, 0.15) is 5.82 Å². The molecule has 0 saturated heterocycles. The number of carbonyl (C=O) groups is 1. The molecule has 0 bridgehead atoms. The summed E-state index contributed by atoms with van der Waals surface area (Å²) in [6, 6.07) is 2.82. The first-order valence-electron chi connectivity index (χ1n) is 4.34. The van der Waals surface area contributed by atoms with E-state index in [9.17, 15) is 9.18 Å². The van der Waals surface area contributed by atoms with E-state index in [2.05, 4.69) is 27.2 Å². The van der Waals surface area contributed by atoms with Gasteiger partial charge >= 0.3 is 5.97 Å². The van der Waals surface area contributed by atoms with Gasteiger partial charge in [-0.2, -0.15) is 0 Å². The lowest BCUT2D eigenvalue weighted by Gasteiger charge is -2.02. The van der Waals surface area contributed by atoms with Gasteiger partial charge in [0.15, 0.2) is 0 Å². The van der Waals surface area contributed by atoms with Crippen LogP contribution in [0.1, 0.15) is 12.5 Å². The van der Waals surface area contributed by atoms with Crippen molar-refractivity contribution in [1.82, 2.24) is 0 Å². The summed E-state index contributed by atoms with van der Waals surface area (Å²) in [5.41, 5.74) is 6.66. The van der Waals surface area contributed by atoms with Gasteiger partial charge in [-0.05, 0) is 28.1 Å². The van der Waals surface area contributed by atoms with Crippen LogP contribution in [0, 0.1) is 5.82 Å². The molecule has 16 heavy (non-hydrogen) atoms. The third-order valence-corrected chi connectivity index (χ3v) is 2.46. The first kappa shape index (κ1) is 14.6. The van der Waals surface area contributed by atoms with Gasteiger partial charge in [0.05, 0.1) is 11.6 Å². The highest BCUT2D eigenvalue weighted by atomic mass is 79.9. The number of rotatable bonds is 1. The Labute approximate surface area is 102 Å². The Kier molecular flexibility index (Phi) is 6.41. The predicted octanol–water partition coefficient (Wildman–Crippen LogP) is 2.99. The average Bonchev–Trinajstić information content (AvgIpc) is 2.25. The lowest BCUT2D eigenvalue weighted by atomic mass is 10.2.